The third-order valence-corrected chi connectivity index (χ3v) is 2.11. The molecule has 5 nitrogen and oxygen atoms in total. The summed E-state index contributed by atoms with van der Waals surface area (Å²) in [5.74, 6) is 0.267. The molecular formula is C11H17N3O2. The van der Waals surface area contributed by atoms with E-state index in [1.165, 1.54) is 12.1 Å². The normalized spacial score (nSPS) is 12.5. The van der Waals surface area contributed by atoms with Gasteiger partial charge < -0.3 is 5.32 Å². The molecule has 1 amide bonds. The molecule has 88 valence electrons. The van der Waals surface area contributed by atoms with Gasteiger partial charge >= 0.3 is 0 Å². The minimum atomic E-state index is -0.313. The van der Waals surface area contributed by atoms with Gasteiger partial charge in [0.1, 0.15) is 5.69 Å². The molecule has 0 saturated carbocycles. The van der Waals surface area contributed by atoms with Crippen molar-refractivity contribution in [2.24, 2.45) is 5.92 Å². The van der Waals surface area contributed by atoms with Crippen molar-refractivity contribution in [2.45, 2.75) is 33.2 Å². The number of amides is 1. The van der Waals surface area contributed by atoms with E-state index < -0.39 is 0 Å². The van der Waals surface area contributed by atoms with Crippen molar-refractivity contribution < 1.29 is 4.79 Å². The van der Waals surface area contributed by atoms with Gasteiger partial charge in [0, 0.05) is 12.1 Å². The molecule has 0 spiro atoms. The predicted octanol–water partition coefficient (Wildman–Crippen LogP) is 0.934. The van der Waals surface area contributed by atoms with Gasteiger partial charge in [-0.05, 0) is 25.3 Å². The van der Waals surface area contributed by atoms with E-state index in [0.29, 0.717) is 5.92 Å². The maximum absolute atomic E-state index is 11.7. The third-order valence-electron chi connectivity index (χ3n) is 2.11. The zero-order chi connectivity index (χ0) is 12.1. The Balaban J connectivity index is 2.58. The van der Waals surface area contributed by atoms with Gasteiger partial charge in [-0.25, -0.2) is 5.10 Å². The number of aromatic amines is 1. The van der Waals surface area contributed by atoms with E-state index in [9.17, 15) is 9.59 Å². The first-order chi connectivity index (χ1) is 7.49. The first-order valence-corrected chi connectivity index (χ1v) is 5.35. The number of aromatic nitrogens is 2. The molecule has 0 aliphatic carbocycles. The second-order valence-electron chi connectivity index (χ2n) is 4.31. The smallest absolute Gasteiger partial charge is 0.271 e. The Kier molecular flexibility index (Phi) is 4.22. The molecule has 0 aliphatic heterocycles. The molecule has 0 fully saturated rings. The van der Waals surface area contributed by atoms with Crippen molar-refractivity contribution in [3.05, 3.63) is 28.2 Å². The summed E-state index contributed by atoms with van der Waals surface area (Å²) in [7, 11) is 0. The van der Waals surface area contributed by atoms with Gasteiger partial charge in [0.15, 0.2) is 0 Å². The average Bonchev–Trinajstić information content (AvgIpc) is 2.16. The first kappa shape index (κ1) is 12.4. The van der Waals surface area contributed by atoms with Crippen LogP contribution in [0.1, 0.15) is 37.7 Å². The molecule has 1 aromatic rings. The highest BCUT2D eigenvalue weighted by atomic mass is 16.2. The van der Waals surface area contributed by atoms with Crippen LogP contribution in [0.4, 0.5) is 0 Å². The van der Waals surface area contributed by atoms with Gasteiger partial charge in [-0.1, -0.05) is 13.8 Å². The zero-order valence-electron chi connectivity index (χ0n) is 9.78. The van der Waals surface area contributed by atoms with Crippen LogP contribution in [0.3, 0.4) is 0 Å². The van der Waals surface area contributed by atoms with Crippen LogP contribution in [0.2, 0.25) is 0 Å². The lowest BCUT2D eigenvalue weighted by Crippen LogP contribution is -2.34. The first-order valence-electron chi connectivity index (χ1n) is 5.35. The zero-order valence-corrected chi connectivity index (χ0v) is 9.78. The third kappa shape index (κ3) is 3.84. The van der Waals surface area contributed by atoms with E-state index in [0.717, 1.165) is 6.42 Å². The average molecular weight is 223 g/mol. The fourth-order valence-electron chi connectivity index (χ4n) is 1.53. The minimum absolute atomic E-state index is 0.0984. The monoisotopic (exact) mass is 223 g/mol. The van der Waals surface area contributed by atoms with Crippen molar-refractivity contribution in [1.82, 2.24) is 15.5 Å². The van der Waals surface area contributed by atoms with Crippen molar-refractivity contribution >= 4 is 5.91 Å². The summed E-state index contributed by atoms with van der Waals surface area (Å²) in [5.41, 5.74) is -0.0815. The van der Waals surface area contributed by atoms with Crippen molar-refractivity contribution in [1.29, 1.82) is 0 Å². The summed E-state index contributed by atoms with van der Waals surface area (Å²) in [6, 6.07) is 2.80. The highest BCUT2D eigenvalue weighted by molar-refractivity contribution is 5.92. The lowest BCUT2D eigenvalue weighted by molar-refractivity contribution is 0.0930. The summed E-state index contributed by atoms with van der Waals surface area (Å²) in [5, 5.41) is 8.71. The van der Waals surface area contributed by atoms with Gasteiger partial charge in [-0.15, -0.1) is 0 Å². The summed E-state index contributed by atoms with van der Waals surface area (Å²) < 4.78 is 0. The number of hydrogen-bond acceptors (Lipinski definition) is 3. The van der Waals surface area contributed by atoms with Crippen molar-refractivity contribution in [2.75, 3.05) is 0 Å². The lowest BCUT2D eigenvalue weighted by Gasteiger charge is -2.15. The standard InChI is InChI=1S/C11H17N3O2/c1-7(2)6-8(3)12-11(16)9-4-5-10(15)14-13-9/h4-5,7-8H,6H2,1-3H3,(H,12,16)(H,14,15). The Morgan fingerprint density at radius 1 is 1.44 bits per heavy atom. The van der Waals surface area contributed by atoms with E-state index in [1.54, 1.807) is 0 Å². The number of nitrogens with zero attached hydrogens (tertiary/aromatic N) is 1. The highest BCUT2D eigenvalue weighted by Gasteiger charge is 2.11. The molecule has 0 aromatic carbocycles. The predicted molar refractivity (Wildman–Crippen MR) is 61.2 cm³/mol. The summed E-state index contributed by atoms with van der Waals surface area (Å²) in [6.07, 6.45) is 0.912. The van der Waals surface area contributed by atoms with E-state index >= 15 is 0 Å². The van der Waals surface area contributed by atoms with Crippen LogP contribution in [0.5, 0.6) is 0 Å². The Morgan fingerprint density at radius 2 is 2.12 bits per heavy atom. The Bertz CT molecular complexity index is 391. The van der Waals surface area contributed by atoms with Crippen LogP contribution in [-0.2, 0) is 0 Å². The lowest BCUT2D eigenvalue weighted by atomic mass is 10.1. The molecule has 2 N–H and O–H groups in total. The summed E-state index contributed by atoms with van der Waals surface area (Å²) in [4.78, 5) is 22.4. The summed E-state index contributed by atoms with van der Waals surface area (Å²) in [6.45, 7) is 6.14. The molecule has 1 aromatic heterocycles. The Labute approximate surface area is 94.3 Å². The maximum Gasteiger partial charge on any atom is 0.271 e. The van der Waals surface area contributed by atoms with E-state index in [4.69, 9.17) is 0 Å². The molecule has 5 heteroatoms. The van der Waals surface area contributed by atoms with E-state index in [1.807, 2.05) is 6.92 Å². The number of H-pyrrole nitrogens is 1. The van der Waals surface area contributed by atoms with Crippen LogP contribution >= 0.6 is 0 Å². The van der Waals surface area contributed by atoms with Gasteiger partial charge in [0.05, 0.1) is 0 Å². The molecule has 1 rings (SSSR count). The van der Waals surface area contributed by atoms with Gasteiger partial charge in [0.25, 0.3) is 11.5 Å². The molecule has 0 saturated heterocycles. The highest BCUT2D eigenvalue weighted by Crippen LogP contribution is 2.04. The largest absolute Gasteiger partial charge is 0.348 e. The van der Waals surface area contributed by atoms with Crippen molar-refractivity contribution in [3.8, 4) is 0 Å². The van der Waals surface area contributed by atoms with Crippen LogP contribution in [-0.4, -0.2) is 22.1 Å². The van der Waals surface area contributed by atoms with Crippen LogP contribution in [0.15, 0.2) is 16.9 Å². The maximum atomic E-state index is 11.7. The van der Waals surface area contributed by atoms with Crippen LogP contribution < -0.4 is 10.9 Å². The topological polar surface area (TPSA) is 74.8 Å². The quantitative estimate of drug-likeness (QED) is 0.797. The molecule has 1 atom stereocenters. The van der Waals surface area contributed by atoms with E-state index in [2.05, 4.69) is 29.4 Å². The van der Waals surface area contributed by atoms with Crippen LogP contribution in [0, 0.1) is 5.92 Å². The Hall–Kier alpha value is -1.65. The fraction of sp³-hybridized carbons (Fsp3) is 0.545. The molecular weight excluding hydrogens is 206 g/mol. The number of hydrogen-bond donors (Lipinski definition) is 2. The van der Waals surface area contributed by atoms with E-state index in [-0.39, 0.29) is 23.2 Å². The van der Waals surface area contributed by atoms with Crippen LogP contribution in [0.25, 0.3) is 0 Å². The number of carbonyl (C=O) groups excluding carboxylic acids is 1. The van der Waals surface area contributed by atoms with Gasteiger partial charge in [0.2, 0.25) is 0 Å². The number of carbonyl (C=O) groups is 1. The SMILES string of the molecule is CC(C)CC(C)NC(=O)c1ccc(=O)[nH]n1. The molecule has 1 heterocycles. The molecule has 0 aliphatic rings. The Morgan fingerprint density at radius 3 is 2.62 bits per heavy atom. The number of rotatable bonds is 4. The van der Waals surface area contributed by atoms with Gasteiger partial charge in [-0.3, -0.25) is 9.59 Å². The second kappa shape index (κ2) is 5.44. The molecule has 16 heavy (non-hydrogen) atoms. The number of nitrogens with one attached hydrogen (secondary N) is 2. The molecule has 0 bridgehead atoms. The van der Waals surface area contributed by atoms with Gasteiger partial charge in [-0.2, -0.15) is 5.10 Å². The molecule has 1 unspecified atom stereocenters. The fourth-order valence-corrected chi connectivity index (χ4v) is 1.53. The second-order valence-corrected chi connectivity index (χ2v) is 4.31. The van der Waals surface area contributed by atoms with Crippen molar-refractivity contribution in [3.63, 3.8) is 0 Å². The minimum Gasteiger partial charge on any atom is -0.348 e. The molecule has 0 radical (unpaired) electrons. The summed E-state index contributed by atoms with van der Waals surface area (Å²) >= 11 is 0.